The van der Waals surface area contributed by atoms with Gasteiger partial charge in [-0.2, -0.15) is 0 Å². The Kier molecular flexibility index (Phi) is 49.1. The first kappa shape index (κ1) is 70.5. The molecule has 0 radical (unpaired) electrons. The highest BCUT2D eigenvalue weighted by molar-refractivity contribution is 5.86. The molecule has 0 aromatic heterocycles. The van der Waals surface area contributed by atoms with Gasteiger partial charge >= 0.3 is 17.9 Å². The molecule has 0 fully saturated rings. The van der Waals surface area contributed by atoms with Gasteiger partial charge in [-0.1, -0.05) is 84.0 Å². The molecule has 0 aliphatic heterocycles. The number of unbranched alkanes of at least 4 members (excludes halogenated alkanes) is 14. The van der Waals surface area contributed by atoms with Crippen LogP contribution in [0.15, 0.2) is 0 Å². The number of carboxylic acids is 3. The van der Waals surface area contributed by atoms with E-state index in [2.05, 4.69) is 26.6 Å². The number of carboxylic acid groups (broad SMARTS) is 3. The normalized spacial score (nSPS) is 12.1. The van der Waals surface area contributed by atoms with Crippen LogP contribution in [-0.4, -0.2) is 171 Å². The predicted octanol–water partition coefficient (Wildman–Crippen LogP) is 4.01. The standard InChI is InChI=1S/C32H58N2O9.C19H35N3O8/c1-2-17-27(35)26-43-25-24-42-23-22-33-29(36)21-20-28(32(40)41)34-30(37)18-15-13-11-9-7-5-3-4-6-8-10-12-14-16-19-31(38)39;1-3-29-10-11-30-13-18(26)22-15(19(27)28)7-8-17(25)21-9-5-4-6-14(20-2)16(24)12-23/h28H,2-26H2,1H3,(H,33,36)(H,34,37)(H,38,39)(H,40,41);14-15,20,23H,3-13H2,1-2H3,(H,21,25)(H,22,26)(H,27,28)/t28-;14-,15-/m00/s1. The minimum Gasteiger partial charge on any atom is -0.481 e. The highest BCUT2D eigenvalue weighted by Gasteiger charge is 2.22. The number of rotatable bonds is 51. The SMILES string of the molecule is CCCC(=O)COCCOCCNC(=O)CC[C@H](NC(=O)CCCCCCCCCCCCCCCCC(=O)O)C(=O)O.CCOCCOCC(=O)N[C@@H](CCC(=O)NCCCC[C@H](NC)C(=O)CO)C(=O)O. The quantitative estimate of drug-likeness (QED) is 0.0389. The molecule has 3 atom stereocenters. The molecule has 0 aromatic rings. The number of ether oxygens (including phenoxy) is 4. The first-order chi connectivity index (χ1) is 35.1. The van der Waals surface area contributed by atoms with Crippen LogP contribution in [0, 0.1) is 0 Å². The summed E-state index contributed by atoms with van der Waals surface area (Å²) in [5.41, 5.74) is 0. The molecule has 0 unspecified atom stereocenters. The van der Waals surface area contributed by atoms with Crippen LogP contribution < -0.4 is 26.6 Å². The Labute approximate surface area is 433 Å². The molecule has 0 saturated heterocycles. The molecule has 4 amide bonds. The van der Waals surface area contributed by atoms with Gasteiger partial charge in [0.1, 0.15) is 31.9 Å². The lowest BCUT2D eigenvalue weighted by atomic mass is 10.0. The van der Waals surface area contributed by atoms with Crippen molar-refractivity contribution in [3.05, 3.63) is 0 Å². The summed E-state index contributed by atoms with van der Waals surface area (Å²) in [5, 5.41) is 49.1. The summed E-state index contributed by atoms with van der Waals surface area (Å²) in [5.74, 6) is -4.81. The van der Waals surface area contributed by atoms with Gasteiger partial charge in [-0.25, -0.2) is 9.59 Å². The Morgan fingerprint density at radius 2 is 0.904 bits per heavy atom. The minimum absolute atomic E-state index is 0.0141. The number of hydrogen-bond acceptors (Lipinski definition) is 15. The van der Waals surface area contributed by atoms with Crippen LogP contribution in [0.1, 0.15) is 174 Å². The highest BCUT2D eigenvalue weighted by Crippen LogP contribution is 2.14. The zero-order valence-electron chi connectivity index (χ0n) is 44.3. The summed E-state index contributed by atoms with van der Waals surface area (Å²) < 4.78 is 20.7. The number of nitrogens with one attached hydrogen (secondary N) is 5. The van der Waals surface area contributed by atoms with Gasteiger partial charge in [0.25, 0.3) is 0 Å². The molecule has 9 N–H and O–H groups in total. The van der Waals surface area contributed by atoms with Gasteiger partial charge in [0.05, 0.1) is 39.1 Å². The van der Waals surface area contributed by atoms with Crippen LogP contribution in [0.25, 0.3) is 0 Å². The summed E-state index contributed by atoms with van der Waals surface area (Å²) in [6.45, 7) is 5.72. The summed E-state index contributed by atoms with van der Waals surface area (Å²) in [6.07, 6.45) is 18.9. The Bertz CT molecular complexity index is 1500. The average Bonchev–Trinajstić information content (AvgIpc) is 3.35. The Balaban J connectivity index is 0. The van der Waals surface area contributed by atoms with Crippen molar-refractivity contribution in [1.82, 2.24) is 26.6 Å². The second-order valence-corrected chi connectivity index (χ2v) is 17.7. The number of amides is 4. The maximum absolute atomic E-state index is 12.2. The van der Waals surface area contributed by atoms with E-state index in [4.69, 9.17) is 29.2 Å². The van der Waals surface area contributed by atoms with E-state index in [9.17, 15) is 53.4 Å². The molecule has 0 aliphatic carbocycles. The lowest BCUT2D eigenvalue weighted by molar-refractivity contribution is -0.143. The molecule has 0 saturated carbocycles. The van der Waals surface area contributed by atoms with Gasteiger partial charge < -0.3 is 66.0 Å². The fourth-order valence-corrected chi connectivity index (χ4v) is 7.15. The largest absolute Gasteiger partial charge is 0.481 e. The Morgan fingerprint density at radius 3 is 1.38 bits per heavy atom. The van der Waals surface area contributed by atoms with Crippen molar-refractivity contribution in [2.45, 2.75) is 192 Å². The van der Waals surface area contributed by atoms with E-state index < -0.39 is 48.5 Å². The van der Waals surface area contributed by atoms with Gasteiger partial charge in [-0.15, -0.1) is 0 Å². The molecular formula is C51H93N5O17. The van der Waals surface area contributed by atoms with E-state index >= 15 is 0 Å². The lowest BCUT2D eigenvalue weighted by Crippen LogP contribution is -2.43. The van der Waals surface area contributed by atoms with Crippen LogP contribution in [0.4, 0.5) is 0 Å². The summed E-state index contributed by atoms with van der Waals surface area (Å²) in [4.78, 5) is 104. The van der Waals surface area contributed by atoms with Crippen molar-refractivity contribution in [3.63, 3.8) is 0 Å². The number of carbonyl (C=O) groups is 9. The monoisotopic (exact) mass is 1050 g/mol. The van der Waals surface area contributed by atoms with Crippen molar-refractivity contribution < 1.29 is 82.5 Å². The number of hydrogen-bond donors (Lipinski definition) is 9. The summed E-state index contributed by atoms with van der Waals surface area (Å²) >= 11 is 0. The average molecular weight is 1050 g/mol. The van der Waals surface area contributed by atoms with Gasteiger partial charge in [-0.05, 0) is 65.3 Å². The number of likely N-dealkylation sites (N-methyl/N-ethyl adjacent to an activating group) is 1. The van der Waals surface area contributed by atoms with Gasteiger partial charge in [0.2, 0.25) is 23.6 Å². The fraction of sp³-hybridized carbons (Fsp3) is 0.824. The van der Waals surface area contributed by atoms with Crippen molar-refractivity contribution in [1.29, 1.82) is 0 Å². The molecule has 0 aliphatic rings. The predicted molar refractivity (Wildman–Crippen MR) is 273 cm³/mol. The van der Waals surface area contributed by atoms with Crippen LogP contribution in [-0.2, 0) is 62.1 Å². The third-order valence-electron chi connectivity index (χ3n) is 11.3. The molecule has 22 heteroatoms. The molecule has 0 rings (SSSR count). The summed E-state index contributed by atoms with van der Waals surface area (Å²) in [6, 6.07) is -2.69. The first-order valence-electron chi connectivity index (χ1n) is 26.5. The topological polar surface area (TPSA) is 332 Å². The zero-order chi connectivity index (χ0) is 54.7. The first-order valence-corrected chi connectivity index (χ1v) is 26.5. The third-order valence-corrected chi connectivity index (χ3v) is 11.3. The van der Waals surface area contributed by atoms with E-state index in [0.29, 0.717) is 65.1 Å². The maximum Gasteiger partial charge on any atom is 0.326 e. The minimum atomic E-state index is -1.22. The fourth-order valence-electron chi connectivity index (χ4n) is 7.15. The zero-order valence-corrected chi connectivity index (χ0v) is 44.3. The molecule has 0 bridgehead atoms. The van der Waals surface area contributed by atoms with Crippen LogP contribution in [0.5, 0.6) is 0 Å². The number of aliphatic hydroxyl groups is 1. The second kappa shape index (κ2) is 50.9. The van der Waals surface area contributed by atoms with Crippen molar-refractivity contribution >= 4 is 53.1 Å². The van der Waals surface area contributed by atoms with Crippen LogP contribution in [0.2, 0.25) is 0 Å². The van der Waals surface area contributed by atoms with E-state index in [1.165, 1.54) is 44.9 Å². The second-order valence-electron chi connectivity index (χ2n) is 17.7. The number of aliphatic carboxylic acids is 3. The molecule has 0 spiro atoms. The van der Waals surface area contributed by atoms with Gasteiger partial charge in [0.15, 0.2) is 11.6 Å². The molecule has 0 aromatic carbocycles. The highest BCUT2D eigenvalue weighted by atomic mass is 16.5. The van der Waals surface area contributed by atoms with Crippen molar-refractivity contribution in [2.24, 2.45) is 0 Å². The van der Waals surface area contributed by atoms with E-state index in [0.717, 1.165) is 44.9 Å². The van der Waals surface area contributed by atoms with Gasteiger partial charge in [-0.3, -0.25) is 33.6 Å². The molecule has 0 heterocycles. The molecule has 73 heavy (non-hydrogen) atoms. The van der Waals surface area contributed by atoms with Gasteiger partial charge in [0, 0.05) is 51.8 Å². The van der Waals surface area contributed by atoms with Crippen LogP contribution in [0.3, 0.4) is 0 Å². The van der Waals surface area contributed by atoms with E-state index in [1.54, 1.807) is 7.05 Å². The summed E-state index contributed by atoms with van der Waals surface area (Å²) in [7, 11) is 1.64. The number of carbonyl (C=O) groups excluding carboxylic acids is 6. The smallest absolute Gasteiger partial charge is 0.326 e. The third kappa shape index (κ3) is 48.1. The number of ketones is 2. The van der Waals surface area contributed by atoms with Crippen LogP contribution >= 0.6 is 0 Å². The number of Topliss-reactive ketones (excluding diaryl/α,β-unsaturated/α-hetero) is 2. The number of aliphatic hydroxyl groups excluding tert-OH is 1. The Hall–Kier alpha value is -4.61. The van der Waals surface area contributed by atoms with Crippen molar-refractivity contribution in [2.75, 3.05) is 79.6 Å². The molecule has 424 valence electrons. The Morgan fingerprint density at radius 1 is 0.438 bits per heavy atom. The maximum atomic E-state index is 12.2. The molecular weight excluding hydrogens is 955 g/mol. The van der Waals surface area contributed by atoms with Crippen molar-refractivity contribution in [3.8, 4) is 0 Å². The van der Waals surface area contributed by atoms with E-state index in [-0.39, 0.29) is 101 Å². The van der Waals surface area contributed by atoms with E-state index in [1.807, 2.05) is 13.8 Å². The lowest BCUT2D eigenvalue weighted by Gasteiger charge is -2.15. The molecule has 22 nitrogen and oxygen atoms in total.